The fourth-order valence-electron chi connectivity index (χ4n) is 1.45. The zero-order valence-electron chi connectivity index (χ0n) is 9.49. The van der Waals surface area contributed by atoms with Crippen molar-refractivity contribution in [3.05, 3.63) is 36.0 Å². The first-order valence-corrected chi connectivity index (χ1v) is 5.05. The normalized spacial score (nSPS) is 10.1. The lowest BCUT2D eigenvalue weighted by Crippen LogP contribution is -2.04. The molecule has 1 aromatic carbocycles. The Kier molecular flexibility index (Phi) is 3.09. The molecule has 6 heteroatoms. The summed E-state index contributed by atoms with van der Waals surface area (Å²) in [5.41, 5.74) is 0.464. The fraction of sp³-hybridized carbons (Fsp3) is 0.0833. The first-order valence-electron chi connectivity index (χ1n) is 5.05. The molecule has 0 fully saturated rings. The summed E-state index contributed by atoms with van der Waals surface area (Å²) in [6, 6.07) is 6.35. The minimum Gasteiger partial charge on any atom is -0.508 e. The molecule has 6 nitrogen and oxygen atoms in total. The van der Waals surface area contributed by atoms with Crippen LogP contribution in [0.15, 0.2) is 30.5 Å². The number of aromatic nitrogens is 2. The molecule has 0 spiro atoms. The molecule has 2 rings (SSSR count). The molecule has 1 aromatic heterocycles. The number of hydrogen-bond acceptors (Lipinski definition) is 5. The molecule has 1 heterocycles. The van der Waals surface area contributed by atoms with Crippen molar-refractivity contribution >= 4 is 5.97 Å². The molecule has 0 aliphatic heterocycles. The van der Waals surface area contributed by atoms with E-state index in [0.717, 1.165) is 0 Å². The molecule has 18 heavy (non-hydrogen) atoms. The van der Waals surface area contributed by atoms with E-state index in [-0.39, 0.29) is 23.0 Å². The number of nitrogens with zero attached hydrogens (tertiary/aromatic N) is 2. The Morgan fingerprint density at radius 1 is 1.39 bits per heavy atom. The average Bonchev–Trinajstić information content (AvgIpc) is 2.37. The highest BCUT2D eigenvalue weighted by molar-refractivity contribution is 5.90. The van der Waals surface area contributed by atoms with Gasteiger partial charge in [-0.3, -0.25) is 0 Å². The van der Waals surface area contributed by atoms with E-state index in [1.165, 1.54) is 25.4 Å². The molecule has 92 valence electrons. The maximum atomic E-state index is 10.9. The van der Waals surface area contributed by atoms with Crippen LogP contribution in [0.1, 0.15) is 10.4 Å². The highest BCUT2D eigenvalue weighted by atomic mass is 16.5. The molecular weight excluding hydrogens is 236 g/mol. The largest absolute Gasteiger partial charge is 0.508 e. The third kappa shape index (κ3) is 2.22. The summed E-state index contributed by atoms with van der Waals surface area (Å²) in [5, 5.41) is 18.3. The standard InChI is InChI=1S/C12H10N2O4/c1-18-11-9(12(16)17)6-13-10(14-11)7-3-2-4-8(15)5-7/h2-6,15H,1H3,(H,16,17). The number of carboxylic acid groups (broad SMARTS) is 1. The Morgan fingerprint density at radius 2 is 2.17 bits per heavy atom. The van der Waals surface area contributed by atoms with Gasteiger partial charge in [-0.25, -0.2) is 9.78 Å². The topological polar surface area (TPSA) is 92.5 Å². The molecule has 0 aliphatic rings. The predicted octanol–water partition coefficient (Wildman–Crippen LogP) is 1.56. The van der Waals surface area contributed by atoms with Gasteiger partial charge in [0.2, 0.25) is 5.88 Å². The second kappa shape index (κ2) is 4.70. The summed E-state index contributed by atoms with van der Waals surface area (Å²) in [7, 11) is 1.33. The van der Waals surface area contributed by atoms with Crippen LogP contribution in [-0.4, -0.2) is 33.3 Å². The highest BCUT2D eigenvalue weighted by Gasteiger charge is 2.14. The van der Waals surface area contributed by atoms with Crippen LogP contribution >= 0.6 is 0 Å². The van der Waals surface area contributed by atoms with E-state index < -0.39 is 5.97 Å². The summed E-state index contributed by atoms with van der Waals surface area (Å²) in [6.45, 7) is 0. The summed E-state index contributed by atoms with van der Waals surface area (Å²) in [4.78, 5) is 18.8. The number of carbonyl (C=O) groups is 1. The van der Waals surface area contributed by atoms with Crippen LogP contribution in [0.3, 0.4) is 0 Å². The maximum Gasteiger partial charge on any atom is 0.342 e. The minimum absolute atomic E-state index is 0.0177. The lowest BCUT2D eigenvalue weighted by molar-refractivity contribution is 0.0692. The summed E-state index contributed by atoms with van der Waals surface area (Å²) in [5.74, 6) is -0.810. The zero-order chi connectivity index (χ0) is 13.1. The number of rotatable bonds is 3. The Morgan fingerprint density at radius 3 is 2.78 bits per heavy atom. The Hall–Kier alpha value is -2.63. The van der Waals surface area contributed by atoms with Gasteiger partial charge in [-0.15, -0.1) is 0 Å². The van der Waals surface area contributed by atoms with Crippen LogP contribution in [-0.2, 0) is 0 Å². The minimum atomic E-state index is -1.16. The Labute approximate surface area is 103 Å². The van der Waals surface area contributed by atoms with Gasteiger partial charge in [-0.2, -0.15) is 4.98 Å². The van der Waals surface area contributed by atoms with Crippen molar-refractivity contribution in [2.24, 2.45) is 0 Å². The summed E-state index contributed by atoms with van der Waals surface area (Å²) in [6.07, 6.45) is 1.17. The van der Waals surface area contributed by atoms with Gasteiger partial charge in [0.05, 0.1) is 7.11 Å². The third-order valence-corrected chi connectivity index (χ3v) is 2.28. The first kappa shape index (κ1) is 11.8. The number of phenols is 1. The van der Waals surface area contributed by atoms with Gasteiger partial charge >= 0.3 is 5.97 Å². The van der Waals surface area contributed by atoms with Crippen LogP contribution in [0.4, 0.5) is 0 Å². The molecule has 0 atom stereocenters. The molecule has 0 saturated carbocycles. The van der Waals surface area contributed by atoms with E-state index in [9.17, 15) is 9.90 Å². The molecule has 0 saturated heterocycles. The van der Waals surface area contributed by atoms with Crippen LogP contribution in [0.2, 0.25) is 0 Å². The predicted molar refractivity (Wildman–Crippen MR) is 62.6 cm³/mol. The molecule has 0 aliphatic carbocycles. The van der Waals surface area contributed by atoms with E-state index >= 15 is 0 Å². The third-order valence-electron chi connectivity index (χ3n) is 2.28. The zero-order valence-corrected chi connectivity index (χ0v) is 9.49. The first-order chi connectivity index (χ1) is 8.61. The van der Waals surface area contributed by atoms with E-state index in [4.69, 9.17) is 9.84 Å². The van der Waals surface area contributed by atoms with Crippen molar-refractivity contribution in [2.75, 3.05) is 7.11 Å². The molecule has 2 aromatic rings. The van der Waals surface area contributed by atoms with Gasteiger partial charge in [0, 0.05) is 11.8 Å². The number of benzene rings is 1. The van der Waals surface area contributed by atoms with E-state index in [2.05, 4.69) is 9.97 Å². The van der Waals surface area contributed by atoms with Gasteiger partial charge in [0.25, 0.3) is 0 Å². The van der Waals surface area contributed by atoms with E-state index in [1.807, 2.05) is 0 Å². The SMILES string of the molecule is COc1nc(-c2cccc(O)c2)ncc1C(=O)O. The van der Waals surface area contributed by atoms with Crippen LogP contribution < -0.4 is 4.74 Å². The summed E-state index contributed by atoms with van der Waals surface area (Å²) >= 11 is 0. The van der Waals surface area contributed by atoms with E-state index in [1.54, 1.807) is 12.1 Å². The average molecular weight is 246 g/mol. The second-order valence-electron chi connectivity index (χ2n) is 3.47. The molecule has 0 amide bonds. The van der Waals surface area contributed by atoms with Gasteiger partial charge < -0.3 is 14.9 Å². The molecule has 0 bridgehead atoms. The van der Waals surface area contributed by atoms with Crippen LogP contribution in [0.25, 0.3) is 11.4 Å². The van der Waals surface area contributed by atoms with Crippen molar-refractivity contribution in [3.63, 3.8) is 0 Å². The molecular formula is C12H10N2O4. The maximum absolute atomic E-state index is 10.9. The molecule has 0 unspecified atom stereocenters. The highest BCUT2D eigenvalue weighted by Crippen LogP contribution is 2.23. The number of methoxy groups -OCH3 is 1. The van der Waals surface area contributed by atoms with Crippen molar-refractivity contribution < 1.29 is 19.7 Å². The fourth-order valence-corrected chi connectivity index (χ4v) is 1.45. The number of carboxylic acids is 1. The number of aromatic hydroxyl groups is 1. The molecule has 0 radical (unpaired) electrons. The van der Waals surface area contributed by atoms with Crippen molar-refractivity contribution in [1.82, 2.24) is 9.97 Å². The van der Waals surface area contributed by atoms with Crippen molar-refractivity contribution in [2.45, 2.75) is 0 Å². The smallest absolute Gasteiger partial charge is 0.342 e. The number of hydrogen-bond donors (Lipinski definition) is 2. The van der Waals surface area contributed by atoms with Crippen molar-refractivity contribution in [3.8, 4) is 23.0 Å². The van der Waals surface area contributed by atoms with Gasteiger partial charge in [0.15, 0.2) is 5.82 Å². The van der Waals surface area contributed by atoms with Crippen molar-refractivity contribution in [1.29, 1.82) is 0 Å². The quantitative estimate of drug-likeness (QED) is 0.853. The second-order valence-corrected chi connectivity index (χ2v) is 3.47. The lowest BCUT2D eigenvalue weighted by Gasteiger charge is -2.06. The lowest BCUT2D eigenvalue weighted by atomic mass is 10.2. The van der Waals surface area contributed by atoms with Crippen LogP contribution in [0, 0.1) is 0 Å². The summed E-state index contributed by atoms with van der Waals surface area (Å²) < 4.78 is 4.90. The van der Waals surface area contributed by atoms with E-state index in [0.29, 0.717) is 5.56 Å². The molecule has 2 N–H and O–H groups in total. The van der Waals surface area contributed by atoms with Gasteiger partial charge in [0.1, 0.15) is 11.3 Å². The van der Waals surface area contributed by atoms with Gasteiger partial charge in [-0.1, -0.05) is 12.1 Å². The Balaban J connectivity index is 2.51. The van der Waals surface area contributed by atoms with Crippen LogP contribution in [0.5, 0.6) is 11.6 Å². The number of aromatic carboxylic acids is 1. The van der Waals surface area contributed by atoms with Gasteiger partial charge in [-0.05, 0) is 12.1 Å². The Bertz CT molecular complexity index is 598. The number of ether oxygens (including phenoxy) is 1. The monoisotopic (exact) mass is 246 g/mol. The number of phenolic OH excluding ortho intramolecular Hbond substituents is 1.